The van der Waals surface area contributed by atoms with E-state index < -0.39 is 6.16 Å². The van der Waals surface area contributed by atoms with Crippen LogP contribution in [0.2, 0.25) is 0 Å². The van der Waals surface area contributed by atoms with E-state index in [2.05, 4.69) is 25.8 Å². The number of nitrogens with zero attached hydrogens (tertiary/aromatic N) is 1. The summed E-state index contributed by atoms with van der Waals surface area (Å²) in [6.45, 7) is 7.25. The molecule has 0 aromatic carbocycles. The fourth-order valence-corrected chi connectivity index (χ4v) is 6.63. The van der Waals surface area contributed by atoms with Gasteiger partial charge in [0.1, 0.15) is 6.10 Å². The van der Waals surface area contributed by atoms with E-state index in [1.54, 1.807) is 0 Å². The molecule has 0 radical (unpaired) electrons. The van der Waals surface area contributed by atoms with Gasteiger partial charge in [-0.3, -0.25) is 0 Å². The predicted molar refractivity (Wildman–Crippen MR) is 182 cm³/mol. The third-order valence-corrected chi connectivity index (χ3v) is 9.43. The number of likely N-dealkylation sites (tertiary alicyclic amines) is 1. The van der Waals surface area contributed by atoms with Crippen LogP contribution in [0.25, 0.3) is 0 Å². The third-order valence-electron chi connectivity index (χ3n) is 9.43. The molecule has 0 aromatic rings. The summed E-state index contributed by atoms with van der Waals surface area (Å²) in [5.41, 5.74) is 0. The van der Waals surface area contributed by atoms with Crippen LogP contribution in [0.5, 0.6) is 0 Å². The molecule has 1 saturated heterocycles. The Balaban J connectivity index is 2.10. The Morgan fingerprint density at radius 1 is 0.619 bits per heavy atom. The second kappa shape index (κ2) is 30.3. The quantitative estimate of drug-likeness (QED) is 0.0613. The molecule has 0 bridgehead atoms. The molecule has 1 heterocycles. The normalized spacial score (nSPS) is 16.5. The highest BCUT2D eigenvalue weighted by Gasteiger charge is 2.21. The van der Waals surface area contributed by atoms with Crippen LogP contribution in [0.3, 0.4) is 0 Å². The minimum atomic E-state index is -0.431. The zero-order valence-electron chi connectivity index (χ0n) is 29.0. The molecule has 0 aliphatic carbocycles. The topological polar surface area (TPSA) is 38.8 Å². The molecule has 0 amide bonds. The van der Waals surface area contributed by atoms with Crippen LogP contribution < -0.4 is 0 Å². The Labute approximate surface area is 263 Å². The molecule has 250 valence electrons. The molecule has 1 aliphatic rings. The molecule has 1 rings (SSSR count). The lowest BCUT2D eigenvalue weighted by Crippen LogP contribution is -2.35. The summed E-state index contributed by atoms with van der Waals surface area (Å²) in [5, 5.41) is 0. The van der Waals surface area contributed by atoms with Crippen LogP contribution in [0, 0.1) is 5.92 Å². The van der Waals surface area contributed by atoms with Crippen LogP contribution in [-0.4, -0.2) is 43.9 Å². The van der Waals surface area contributed by atoms with Gasteiger partial charge in [-0.25, -0.2) is 4.79 Å². The van der Waals surface area contributed by atoms with Gasteiger partial charge in [-0.2, -0.15) is 0 Å². The summed E-state index contributed by atoms with van der Waals surface area (Å²) < 4.78 is 11.5. The Morgan fingerprint density at radius 2 is 1.00 bits per heavy atom. The van der Waals surface area contributed by atoms with E-state index in [9.17, 15) is 4.79 Å². The molecule has 2 unspecified atom stereocenters. The summed E-state index contributed by atoms with van der Waals surface area (Å²) in [7, 11) is 2.16. The average Bonchev–Trinajstić information content (AvgIpc) is 2.99. The van der Waals surface area contributed by atoms with Gasteiger partial charge in [-0.15, -0.1) is 0 Å². The van der Waals surface area contributed by atoms with Crippen LogP contribution in [0.4, 0.5) is 4.79 Å². The van der Waals surface area contributed by atoms with Gasteiger partial charge in [0.05, 0.1) is 6.61 Å². The van der Waals surface area contributed by atoms with Crippen molar-refractivity contribution in [3.63, 3.8) is 0 Å². The first-order valence-electron chi connectivity index (χ1n) is 19.2. The van der Waals surface area contributed by atoms with Crippen molar-refractivity contribution in [3.05, 3.63) is 0 Å². The fourth-order valence-electron chi connectivity index (χ4n) is 6.63. The minimum Gasteiger partial charge on any atom is -0.434 e. The standard InChI is InChI=1S/C38H75NO3/c1-4-6-8-10-12-14-15-16-17-18-19-20-21-22-24-26-28-32-37(31-27-25-23-13-11-9-7-5-2)42-38(40)41-35-36-30-29-33-39(3)34-36/h36-37H,4-35H2,1-3H3. The number of piperidine rings is 1. The SMILES string of the molecule is CCCCCCCCCCCCCCCCCCCC(CCCCCCCCCC)OC(=O)OCC1CCCN(C)C1. The smallest absolute Gasteiger partial charge is 0.434 e. The number of hydrogen-bond donors (Lipinski definition) is 0. The highest BCUT2D eigenvalue weighted by atomic mass is 16.7. The van der Waals surface area contributed by atoms with Crippen molar-refractivity contribution < 1.29 is 14.3 Å². The van der Waals surface area contributed by atoms with Crippen LogP contribution in [-0.2, 0) is 9.47 Å². The zero-order chi connectivity index (χ0) is 30.4. The van der Waals surface area contributed by atoms with Crippen molar-refractivity contribution in [2.24, 2.45) is 5.92 Å². The maximum absolute atomic E-state index is 12.5. The summed E-state index contributed by atoms with van der Waals surface area (Å²) in [5.74, 6) is 0.451. The number of carbonyl (C=O) groups excluding carboxylic acids is 1. The molecular formula is C38H75NO3. The second-order valence-corrected chi connectivity index (χ2v) is 13.8. The van der Waals surface area contributed by atoms with E-state index in [4.69, 9.17) is 9.47 Å². The molecular weight excluding hydrogens is 518 g/mol. The second-order valence-electron chi connectivity index (χ2n) is 13.8. The van der Waals surface area contributed by atoms with Crippen molar-refractivity contribution >= 4 is 6.16 Å². The van der Waals surface area contributed by atoms with Gasteiger partial charge in [-0.1, -0.05) is 162 Å². The Morgan fingerprint density at radius 3 is 1.38 bits per heavy atom. The lowest BCUT2D eigenvalue weighted by Gasteiger charge is -2.29. The zero-order valence-corrected chi connectivity index (χ0v) is 29.0. The molecule has 0 saturated carbocycles. The third kappa shape index (κ3) is 25.7. The van der Waals surface area contributed by atoms with Gasteiger partial charge < -0.3 is 14.4 Å². The Bertz CT molecular complexity index is 569. The first-order chi connectivity index (χ1) is 20.7. The summed E-state index contributed by atoms with van der Waals surface area (Å²) in [4.78, 5) is 14.9. The van der Waals surface area contributed by atoms with Gasteiger partial charge in [-0.05, 0) is 52.1 Å². The van der Waals surface area contributed by atoms with E-state index in [0.29, 0.717) is 12.5 Å². The number of carbonyl (C=O) groups is 1. The largest absolute Gasteiger partial charge is 0.508 e. The number of hydrogen-bond acceptors (Lipinski definition) is 4. The molecule has 42 heavy (non-hydrogen) atoms. The molecule has 4 heteroatoms. The highest BCUT2D eigenvalue weighted by Crippen LogP contribution is 2.20. The highest BCUT2D eigenvalue weighted by molar-refractivity contribution is 5.60. The Hall–Kier alpha value is -0.770. The van der Waals surface area contributed by atoms with Crippen molar-refractivity contribution in [2.45, 2.75) is 206 Å². The maximum atomic E-state index is 12.5. The van der Waals surface area contributed by atoms with Gasteiger partial charge in [0.15, 0.2) is 0 Å². The summed E-state index contributed by atoms with van der Waals surface area (Å²) in [6.07, 6.45) is 38.1. The van der Waals surface area contributed by atoms with Crippen molar-refractivity contribution in [3.8, 4) is 0 Å². The molecule has 0 N–H and O–H groups in total. The van der Waals surface area contributed by atoms with Crippen molar-refractivity contribution in [1.82, 2.24) is 4.90 Å². The Kier molecular flexibility index (Phi) is 28.3. The van der Waals surface area contributed by atoms with Gasteiger partial charge in [0.25, 0.3) is 0 Å². The molecule has 1 aliphatic heterocycles. The number of rotatable bonds is 30. The average molecular weight is 594 g/mol. The van der Waals surface area contributed by atoms with Crippen LogP contribution >= 0.6 is 0 Å². The summed E-state index contributed by atoms with van der Waals surface area (Å²) >= 11 is 0. The fraction of sp³-hybridized carbons (Fsp3) is 0.974. The molecule has 2 atom stereocenters. The summed E-state index contributed by atoms with van der Waals surface area (Å²) in [6, 6.07) is 0. The number of ether oxygens (including phenoxy) is 2. The van der Waals surface area contributed by atoms with Crippen LogP contribution in [0.1, 0.15) is 200 Å². The first kappa shape index (κ1) is 39.3. The lowest BCUT2D eigenvalue weighted by atomic mass is 10.00. The van der Waals surface area contributed by atoms with Crippen LogP contribution in [0.15, 0.2) is 0 Å². The van der Waals surface area contributed by atoms with Crippen molar-refractivity contribution in [1.29, 1.82) is 0 Å². The van der Waals surface area contributed by atoms with Crippen molar-refractivity contribution in [2.75, 3.05) is 26.7 Å². The molecule has 0 spiro atoms. The minimum absolute atomic E-state index is 0.0305. The van der Waals surface area contributed by atoms with E-state index in [1.807, 2.05) is 0 Å². The molecule has 1 fully saturated rings. The number of unbranched alkanes of at least 4 members (excludes halogenated alkanes) is 23. The van der Waals surface area contributed by atoms with E-state index >= 15 is 0 Å². The van der Waals surface area contributed by atoms with Gasteiger partial charge in [0.2, 0.25) is 0 Å². The monoisotopic (exact) mass is 594 g/mol. The van der Waals surface area contributed by atoms with Gasteiger partial charge >= 0.3 is 6.16 Å². The maximum Gasteiger partial charge on any atom is 0.508 e. The van der Waals surface area contributed by atoms with E-state index in [0.717, 1.165) is 38.8 Å². The van der Waals surface area contributed by atoms with E-state index in [-0.39, 0.29) is 6.10 Å². The first-order valence-corrected chi connectivity index (χ1v) is 19.2. The van der Waals surface area contributed by atoms with Gasteiger partial charge in [0, 0.05) is 12.5 Å². The predicted octanol–water partition coefficient (Wildman–Crippen LogP) is 12.4. The van der Waals surface area contributed by atoms with E-state index in [1.165, 1.54) is 161 Å². The lowest BCUT2D eigenvalue weighted by molar-refractivity contribution is 0.00297. The molecule has 0 aromatic heterocycles. The molecule has 4 nitrogen and oxygen atoms in total.